The van der Waals surface area contributed by atoms with Crippen LogP contribution in [0.2, 0.25) is 0 Å². The fraction of sp³-hybridized carbons (Fsp3) is 0.125. The molecule has 0 spiro atoms. The Morgan fingerprint density at radius 2 is 1.88 bits per heavy atom. The molecule has 2 heterocycles. The van der Waals surface area contributed by atoms with Crippen LogP contribution in [0, 0.1) is 10.1 Å². The zero-order valence-corrected chi connectivity index (χ0v) is 18.9. The van der Waals surface area contributed by atoms with Gasteiger partial charge in [-0.1, -0.05) is 60.3 Å². The van der Waals surface area contributed by atoms with Crippen molar-refractivity contribution in [3.8, 4) is 5.75 Å². The molecule has 1 N–H and O–H groups in total. The first-order valence-corrected chi connectivity index (χ1v) is 11.4. The van der Waals surface area contributed by atoms with E-state index >= 15 is 0 Å². The Balaban J connectivity index is 1.63. The highest BCUT2D eigenvalue weighted by molar-refractivity contribution is 8.13. The number of hydrazone groups is 1. The molecule has 0 aromatic heterocycles. The number of carbonyl (C=O) groups is 1. The Kier molecular flexibility index (Phi) is 5.72. The summed E-state index contributed by atoms with van der Waals surface area (Å²) in [4.78, 5) is 29.0. The van der Waals surface area contributed by atoms with Gasteiger partial charge in [-0.15, -0.1) is 5.10 Å². The van der Waals surface area contributed by atoms with Gasteiger partial charge in [0.2, 0.25) is 0 Å². The normalized spacial score (nSPS) is 16.6. The maximum Gasteiger partial charge on any atom is 0.276 e. The summed E-state index contributed by atoms with van der Waals surface area (Å²) in [6, 6.07) is 21.4. The number of nitrogens with zero attached hydrogens (tertiary/aromatic N) is 4. The number of hydrogen-bond acceptors (Lipinski definition) is 8. The lowest BCUT2D eigenvalue weighted by molar-refractivity contribution is -0.385. The van der Waals surface area contributed by atoms with Gasteiger partial charge in [0, 0.05) is 28.7 Å². The van der Waals surface area contributed by atoms with Crippen LogP contribution in [0.4, 0.5) is 5.69 Å². The third kappa shape index (κ3) is 3.99. The molecule has 34 heavy (non-hydrogen) atoms. The quantitative estimate of drug-likeness (QED) is 0.451. The Morgan fingerprint density at radius 3 is 2.65 bits per heavy atom. The van der Waals surface area contributed by atoms with Gasteiger partial charge in [-0.3, -0.25) is 25.2 Å². The topological polar surface area (TPSA) is 109 Å². The van der Waals surface area contributed by atoms with Crippen molar-refractivity contribution in [2.24, 2.45) is 10.1 Å². The first kappa shape index (κ1) is 21.7. The predicted molar refractivity (Wildman–Crippen MR) is 128 cm³/mol. The fourth-order valence-electron chi connectivity index (χ4n) is 3.86. The summed E-state index contributed by atoms with van der Waals surface area (Å²) >= 11 is 1.39. The number of nitro groups is 1. The lowest BCUT2D eigenvalue weighted by atomic mass is 10.1. The van der Waals surface area contributed by atoms with Gasteiger partial charge in [0.25, 0.3) is 11.6 Å². The maximum absolute atomic E-state index is 13.3. The van der Waals surface area contributed by atoms with Gasteiger partial charge >= 0.3 is 0 Å². The van der Waals surface area contributed by atoms with Crippen LogP contribution in [0.3, 0.4) is 0 Å². The van der Waals surface area contributed by atoms with Crippen LogP contribution < -0.4 is 20.6 Å². The number of thioether (sulfide) groups is 1. The molecule has 1 amide bonds. The van der Waals surface area contributed by atoms with Crippen molar-refractivity contribution in [3.63, 3.8) is 0 Å². The molecular weight excluding hydrogens is 454 g/mol. The fourth-order valence-corrected chi connectivity index (χ4v) is 4.66. The first-order valence-electron chi connectivity index (χ1n) is 10.4. The molecule has 0 saturated carbocycles. The van der Waals surface area contributed by atoms with E-state index in [4.69, 9.17) is 14.8 Å². The van der Waals surface area contributed by atoms with E-state index in [9.17, 15) is 14.9 Å². The number of nitrogens with one attached hydrogen (secondary N) is 1. The van der Waals surface area contributed by atoms with Crippen LogP contribution in [0.1, 0.15) is 17.3 Å². The number of ether oxygens (including phenoxy) is 1. The number of non-ortho nitro benzene ring substituents is 1. The molecule has 0 fully saturated rings. The van der Waals surface area contributed by atoms with Crippen LogP contribution >= 0.6 is 11.8 Å². The van der Waals surface area contributed by atoms with Gasteiger partial charge < -0.3 is 4.74 Å². The molecule has 0 aliphatic carbocycles. The zero-order valence-electron chi connectivity index (χ0n) is 18.0. The van der Waals surface area contributed by atoms with Crippen LogP contribution in [0.5, 0.6) is 5.75 Å². The van der Waals surface area contributed by atoms with Crippen molar-refractivity contribution in [2.45, 2.75) is 11.9 Å². The van der Waals surface area contributed by atoms with Gasteiger partial charge in [-0.05, 0) is 17.7 Å². The summed E-state index contributed by atoms with van der Waals surface area (Å²) in [6.07, 6.45) is -0.821. The second-order valence-corrected chi connectivity index (χ2v) is 8.49. The van der Waals surface area contributed by atoms with E-state index in [-0.39, 0.29) is 11.6 Å². The Morgan fingerprint density at radius 1 is 1.12 bits per heavy atom. The molecule has 5 rings (SSSR count). The summed E-state index contributed by atoms with van der Waals surface area (Å²) in [7, 11) is 1.49. The summed E-state index contributed by atoms with van der Waals surface area (Å²) < 4.78 is 5.49. The van der Waals surface area contributed by atoms with E-state index in [1.54, 1.807) is 12.1 Å². The monoisotopic (exact) mass is 473 g/mol. The third-order valence-corrected chi connectivity index (χ3v) is 6.37. The smallest absolute Gasteiger partial charge is 0.276 e. The second-order valence-electron chi connectivity index (χ2n) is 7.53. The lowest BCUT2D eigenvalue weighted by Gasteiger charge is -2.34. The van der Waals surface area contributed by atoms with Crippen molar-refractivity contribution in [3.05, 3.63) is 105 Å². The van der Waals surface area contributed by atoms with E-state index in [0.717, 1.165) is 5.56 Å². The number of amidine groups is 1. The number of rotatable bonds is 5. The van der Waals surface area contributed by atoms with Crippen LogP contribution in [0.15, 0.2) is 82.9 Å². The van der Waals surface area contributed by atoms with Crippen molar-refractivity contribution in [1.29, 1.82) is 0 Å². The van der Waals surface area contributed by atoms with Crippen LogP contribution in [-0.4, -0.2) is 28.1 Å². The van der Waals surface area contributed by atoms with Crippen molar-refractivity contribution < 1.29 is 14.5 Å². The molecule has 0 bridgehead atoms. The Hall–Kier alpha value is -4.18. The minimum absolute atomic E-state index is 0.101. The Labute approximate surface area is 198 Å². The number of fused-ring (bicyclic) bond motifs is 2. The molecule has 0 unspecified atom stereocenters. The van der Waals surface area contributed by atoms with Crippen molar-refractivity contribution in [2.75, 3.05) is 7.11 Å². The number of methoxy groups -OCH3 is 1. The molecule has 9 nitrogen and oxygen atoms in total. The number of nitro benzene ring substituents is 1. The molecule has 3 aromatic rings. The molecule has 0 saturated heterocycles. The average molecular weight is 474 g/mol. The number of benzene rings is 3. The molecule has 2 aliphatic rings. The zero-order chi connectivity index (χ0) is 23.7. The number of hydrogen-bond donors (Lipinski definition) is 1. The van der Waals surface area contributed by atoms with E-state index < -0.39 is 11.1 Å². The standard InChI is InChI=1S/C24H19N5O4S/c1-33-20-12-11-16(29(31)32)13-18(20)22-25-19-10-6-5-9-17(19)21-23(30)26-24(27-28(21)22)34-14-15-7-3-2-4-8-15/h2-13,22H,14H2,1H3,(H,26,27,30)/t22-/m0/s1. The molecule has 0 radical (unpaired) electrons. The van der Waals surface area contributed by atoms with Gasteiger partial charge in [-0.25, -0.2) is 5.01 Å². The SMILES string of the molecule is COc1ccc([N+](=O)[O-])cc1[C@H]1N=c2ccccc2=C2C(=O)NC(SCc3ccccc3)=NN21. The number of carbonyl (C=O) groups excluding carboxylic acids is 1. The maximum atomic E-state index is 13.3. The molecular formula is C24H19N5O4S. The summed E-state index contributed by atoms with van der Waals surface area (Å²) in [6.45, 7) is 0. The van der Waals surface area contributed by atoms with Gasteiger partial charge in [-0.2, -0.15) is 0 Å². The minimum atomic E-state index is -0.821. The molecule has 3 aromatic carbocycles. The Bertz CT molecular complexity index is 1440. The molecule has 1 atom stereocenters. The summed E-state index contributed by atoms with van der Waals surface area (Å²) in [5.74, 6) is 0.710. The van der Waals surface area contributed by atoms with E-state index in [1.165, 1.54) is 42.1 Å². The van der Waals surface area contributed by atoms with Gasteiger partial charge in [0.15, 0.2) is 11.3 Å². The van der Waals surface area contributed by atoms with Gasteiger partial charge in [0.1, 0.15) is 11.4 Å². The highest BCUT2D eigenvalue weighted by Gasteiger charge is 2.36. The van der Waals surface area contributed by atoms with E-state index in [1.807, 2.05) is 42.5 Å². The molecule has 10 heteroatoms. The van der Waals surface area contributed by atoms with E-state index in [2.05, 4.69) is 5.32 Å². The van der Waals surface area contributed by atoms with Crippen molar-refractivity contribution in [1.82, 2.24) is 10.3 Å². The molecule has 2 aliphatic heterocycles. The average Bonchev–Trinajstić information content (AvgIpc) is 2.87. The highest BCUT2D eigenvalue weighted by atomic mass is 32.2. The minimum Gasteiger partial charge on any atom is -0.496 e. The van der Waals surface area contributed by atoms with Crippen LogP contribution in [-0.2, 0) is 10.5 Å². The lowest BCUT2D eigenvalue weighted by Crippen LogP contribution is -2.50. The van der Waals surface area contributed by atoms with Gasteiger partial charge in [0.05, 0.1) is 17.4 Å². The summed E-state index contributed by atoms with van der Waals surface area (Å²) in [5.41, 5.74) is 1.75. The van der Waals surface area contributed by atoms with Crippen molar-refractivity contribution >= 4 is 34.2 Å². The number of amides is 1. The predicted octanol–water partition coefficient (Wildman–Crippen LogP) is 2.68. The van der Waals surface area contributed by atoms with Crippen LogP contribution in [0.25, 0.3) is 5.70 Å². The number of para-hydroxylation sites is 1. The van der Waals surface area contributed by atoms with E-state index in [0.29, 0.717) is 38.5 Å². The second kappa shape index (κ2) is 8.99. The largest absolute Gasteiger partial charge is 0.496 e. The molecule has 170 valence electrons. The highest BCUT2D eigenvalue weighted by Crippen LogP contribution is 2.37. The third-order valence-electron chi connectivity index (χ3n) is 5.44. The first-order chi connectivity index (χ1) is 16.5. The summed E-state index contributed by atoms with van der Waals surface area (Å²) in [5, 5.41) is 22.2.